The highest BCUT2D eigenvalue weighted by molar-refractivity contribution is 5.93. The Bertz CT molecular complexity index is 679. The van der Waals surface area contributed by atoms with Crippen molar-refractivity contribution in [2.45, 2.75) is 19.3 Å². The number of carbonyl (C=O) groups is 1. The molecule has 1 N–H and O–H groups in total. The lowest BCUT2D eigenvalue weighted by molar-refractivity contribution is 0.0598. The molecule has 1 aromatic heterocycles. The maximum absolute atomic E-state index is 12.6. The molecular weight excluding hydrogens is 290 g/mol. The number of amides is 1. The van der Waals surface area contributed by atoms with E-state index < -0.39 is 0 Å². The number of hydrogen-bond donors (Lipinski definition) is 1. The quantitative estimate of drug-likeness (QED) is 0.926. The van der Waals surface area contributed by atoms with Gasteiger partial charge in [-0.25, -0.2) is 0 Å². The lowest BCUT2D eigenvalue weighted by Gasteiger charge is -2.38. The molecule has 0 aliphatic carbocycles. The number of carbonyl (C=O) groups excluding carboxylic acids is 1. The number of likely N-dealkylation sites (tertiary alicyclic amines) is 1. The van der Waals surface area contributed by atoms with Gasteiger partial charge in [0.05, 0.1) is 0 Å². The second-order valence-corrected chi connectivity index (χ2v) is 6.66. The molecule has 120 valence electrons. The van der Waals surface area contributed by atoms with Crippen LogP contribution in [0.15, 0.2) is 40.9 Å². The number of rotatable bonds is 2. The van der Waals surface area contributed by atoms with Crippen LogP contribution in [0.4, 0.5) is 0 Å². The van der Waals surface area contributed by atoms with Crippen molar-refractivity contribution in [3.8, 4) is 11.3 Å². The van der Waals surface area contributed by atoms with Crippen molar-refractivity contribution in [1.29, 1.82) is 0 Å². The molecule has 5 nitrogen and oxygen atoms in total. The first-order chi connectivity index (χ1) is 11.3. The third-order valence-corrected chi connectivity index (χ3v) is 5.23. The SMILES string of the molecule is O=C(c1cc(-c2ccccc2)on1)N1CCC2(CCNC2)CC1. The van der Waals surface area contributed by atoms with Crippen LogP contribution in [0.1, 0.15) is 29.8 Å². The van der Waals surface area contributed by atoms with Crippen molar-refractivity contribution in [1.82, 2.24) is 15.4 Å². The van der Waals surface area contributed by atoms with Crippen molar-refractivity contribution in [3.63, 3.8) is 0 Å². The predicted octanol–water partition coefficient (Wildman–Crippen LogP) is 2.56. The molecule has 0 atom stereocenters. The van der Waals surface area contributed by atoms with E-state index in [-0.39, 0.29) is 5.91 Å². The Morgan fingerprint density at radius 2 is 1.96 bits per heavy atom. The summed E-state index contributed by atoms with van der Waals surface area (Å²) >= 11 is 0. The van der Waals surface area contributed by atoms with Crippen LogP contribution in [0.25, 0.3) is 11.3 Å². The summed E-state index contributed by atoms with van der Waals surface area (Å²) in [5.74, 6) is 0.624. The molecule has 2 aromatic rings. The molecule has 23 heavy (non-hydrogen) atoms. The van der Waals surface area contributed by atoms with E-state index in [0.29, 0.717) is 16.9 Å². The predicted molar refractivity (Wildman–Crippen MR) is 87.0 cm³/mol. The first kappa shape index (κ1) is 14.5. The van der Waals surface area contributed by atoms with Gasteiger partial charge in [0.1, 0.15) is 0 Å². The Balaban J connectivity index is 1.45. The molecule has 5 heteroatoms. The molecule has 0 radical (unpaired) electrons. The monoisotopic (exact) mass is 311 g/mol. The van der Waals surface area contributed by atoms with Crippen LogP contribution in [0.2, 0.25) is 0 Å². The summed E-state index contributed by atoms with van der Waals surface area (Å²) in [6, 6.07) is 11.5. The smallest absolute Gasteiger partial charge is 0.276 e. The zero-order chi connectivity index (χ0) is 15.7. The summed E-state index contributed by atoms with van der Waals surface area (Å²) in [7, 11) is 0. The van der Waals surface area contributed by atoms with Gasteiger partial charge in [0, 0.05) is 31.3 Å². The summed E-state index contributed by atoms with van der Waals surface area (Å²) in [5.41, 5.74) is 1.76. The topological polar surface area (TPSA) is 58.4 Å². The highest BCUT2D eigenvalue weighted by atomic mass is 16.5. The van der Waals surface area contributed by atoms with Crippen molar-refractivity contribution in [3.05, 3.63) is 42.1 Å². The van der Waals surface area contributed by atoms with E-state index in [0.717, 1.165) is 44.6 Å². The Labute approximate surface area is 135 Å². The number of benzene rings is 1. The van der Waals surface area contributed by atoms with Crippen molar-refractivity contribution < 1.29 is 9.32 Å². The van der Waals surface area contributed by atoms with Gasteiger partial charge in [-0.2, -0.15) is 0 Å². The third-order valence-electron chi connectivity index (χ3n) is 5.23. The van der Waals surface area contributed by atoms with Gasteiger partial charge < -0.3 is 14.7 Å². The molecule has 2 aliphatic heterocycles. The van der Waals surface area contributed by atoms with Crippen molar-refractivity contribution >= 4 is 5.91 Å². The molecule has 0 saturated carbocycles. The standard InChI is InChI=1S/C18H21N3O2/c22-17(21-10-7-18(8-11-21)6-9-19-13-18)15-12-16(23-20-15)14-4-2-1-3-5-14/h1-5,12,19H,6-11,13H2. The minimum Gasteiger partial charge on any atom is -0.355 e. The zero-order valence-electron chi connectivity index (χ0n) is 13.1. The van der Waals surface area contributed by atoms with Gasteiger partial charge in [-0.15, -0.1) is 0 Å². The second-order valence-electron chi connectivity index (χ2n) is 6.66. The number of hydrogen-bond acceptors (Lipinski definition) is 4. The lowest BCUT2D eigenvalue weighted by atomic mass is 9.78. The van der Waals surface area contributed by atoms with E-state index in [4.69, 9.17) is 4.52 Å². The minimum absolute atomic E-state index is 0.0169. The van der Waals surface area contributed by atoms with Gasteiger partial charge in [-0.1, -0.05) is 35.5 Å². The summed E-state index contributed by atoms with van der Waals surface area (Å²) < 4.78 is 5.35. The maximum Gasteiger partial charge on any atom is 0.276 e. The molecule has 2 aliphatic rings. The largest absolute Gasteiger partial charge is 0.355 e. The number of aromatic nitrogens is 1. The second kappa shape index (κ2) is 5.81. The van der Waals surface area contributed by atoms with Crippen LogP contribution in [0.5, 0.6) is 0 Å². The van der Waals surface area contributed by atoms with Crippen LogP contribution >= 0.6 is 0 Å². The van der Waals surface area contributed by atoms with Crippen molar-refractivity contribution in [2.24, 2.45) is 5.41 Å². The molecule has 1 spiro atoms. The van der Waals surface area contributed by atoms with Gasteiger partial charge in [0.15, 0.2) is 11.5 Å². The minimum atomic E-state index is -0.0169. The van der Waals surface area contributed by atoms with Gasteiger partial charge in [-0.3, -0.25) is 4.79 Å². The van der Waals surface area contributed by atoms with E-state index in [1.54, 1.807) is 6.07 Å². The Hall–Kier alpha value is -2.14. The van der Waals surface area contributed by atoms with Crippen LogP contribution in [-0.4, -0.2) is 42.1 Å². The maximum atomic E-state index is 12.6. The van der Waals surface area contributed by atoms with Crippen LogP contribution in [0, 0.1) is 5.41 Å². The highest BCUT2D eigenvalue weighted by Crippen LogP contribution is 2.37. The average molecular weight is 311 g/mol. The molecule has 3 heterocycles. The highest BCUT2D eigenvalue weighted by Gasteiger charge is 2.38. The van der Waals surface area contributed by atoms with E-state index in [2.05, 4.69) is 10.5 Å². The number of nitrogens with one attached hydrogen (secondary N) is 1. The molecule has 1 amide bonds. The van der Waals surface area contributed by atoms with Crippen LogP contribution < -0.4 is 5.32 Å². The van der Waals surface area contributed by atoms with Gasteiger partial charge in [-0.05, 0) is 31.2 Å². The molecule has 0 unspecified atom stereocenters. The van der Waals surface area contributed by atoms with E-state index in [9.17, 15) is 4.79 Å². The fourth-order valence-corrected chi connectivity index (χ4v) is 3.68. The molecule has 4 rings (SSSR count). The van der Waals surface area contributed by atoms with Gasteiger partial charge in [0.25, 0.3) is 5.91 Å². The van der Waals surface area contributed by atoms with Gasteiger partial charge >= 0.3 is 0 Å². The average Bonchev–Trinajstić information content (AvgIpc) is 3.26. The van der Waals surface area contributed by atoms with Crippen LogP contribution in [-0.2, 0) is 0 Å². The van der Waals surface area contributed by atoms with Gasteiger partial charge in [0.2, 0.25) is 0 Å². The molecule has 2 fully saturated rings. The third kappa shape index (κ3) is 2.77. The van der Waals surface area contributed by atoms with Crippen LogP contribution in [0.3, 0.4) is 0 Å². The summed E-state index contributed by atoms with van der Waals surface area (Å²) in [6.07, 6.45) is 3.39. The fraction of sp³-hybridized carbons (Fsp3) is 0.444. The first-order valence-electron chi connectivity index (χ1n) is 8.28. The lowest BCUT2D eigenvalue weighted by Crippen LogP contribution is -2.44. The van der Waals surface area contributed by atoms with E-state index in [1.807, 2.05) is 35.2 Å². The molecule has 0 bridgehead atoms. The summed E-state index contributed by atoms with van der Waals surface area (Å²) in [5, 5.41) is 7.43. The first-order valence-corrected chi connectivity index (χ1v) is 8.28. The molecule has 1 aromatic carbocycles. The normalized spacial score (nSPS) is 20.1. The zero-order valence-corrected chi connectivity index (χ0v) is 13.1. The van der Waals surface area contributed by atoms with E-state index >= 15 is 0 Å². The fourth-order valence-electron chi connectivity index (χ4n) is 3.68. The molecular formula is C18H21N3O2. The van der Waals surface area contributed by atoms with E-state index in [1.165, 1.54) is 6.42 Å². The van der Waals surface area contributed by atoms with Crippen molar-refractivity contribution in [2.75, 3.05) is 26.2 Å². The number of nitrogens with zero attached hydrogens (tertiary/aromatic N) is 2. The summed E-state index contributed by atoms with van der Waals surface area (Å²) in [4.78, 5) is 14.5. The Morgan fingerprint density at radius 3 is 2.65 bits per heavy atom. The molecule has 2 saturated heterocycles. The number of piperidine rings is 1. The Kier molecular flexibility index (Phi) is 3.65. The Morgan fingerprint density at radius 1 is 1.17 bits per heavy atom. The summed E-state index contributed by atoms with van der Waals surface area (Å²) in [6.45, 7) is 3.83.